The fourth-order valence-corrected chi connectivity index (χ4v) is 1.75. The highest BCUT2D eigenvalue weighted by Crippen LogP contribution is 2.33. The molecule has 3 nitrogen and oxygen atoms in total. The molecule has 0 aliphatic carbocycles. The van der Waals surface area contributed by atoms with Gasteiger partial charge >= 0.3 is 6.03 Å². The van der Waals surface area contributed by atoms with E-state index in [1.165, 1.54) is 19.2 Å². The summed E-state index contributed by atoms with van der Waals surface area (Å²) >= 11 is 17.3. The van der Waals surface area contributed by atoms with Gasteiger partial charge in [0.1, 0.15) is 0 Å². The number of benzene rings is 1. The number of urea groups is 1. The summed E-state index contributed by atoms with van der Waals surface area (Å²) in [6.45, 7) is 0. The number of hydrogen-bond donors (Lipinski definition) is 2. The predicted molar refractivity (Wildman–Crippen MR) is 59.6 cm³/mol. The van der Waals surface area contributed by atoms with Crippen LogP contribution in [0.5, 0.6) is 0 Å². The Kier molecular flexibility index (Phi) is 3.86. The lowest BCUT2D eigenvalue weighted by molar-refractivity contribution is 0.254. The van der Waals surface area contributed by atoms with Crippen LogP contribution < -0.4 is 10.6 Å². The highest BCUT2D eigenvalue weighted by molar-refractivity contribution is 6.42. The zero-order chi connectivity index (χ0) is 10.7. The fourth-order valence-electron chi connectivity index (χ4n) is 0.838. The van der Waals surface area contributed by atoms with E-state index in [4.69, 9.17) is 34.8 Å². The average molecular weight is 254 g/mol. The Labute approximate surface area is 96.3 Å². The second kappa shape index (κ2) is 4.73. The number of carbonyl (C=O) groups is 1. The van der Waals surface area contributed by atoms with Crippen LogP contribution in [0.2, 0.25) is 15.1 Å². The van der Waals surface area contributed by atoms with E-state index in [-0.39, 0.29) is 0 Å². The van der Waals surface area contributed by atoms with Gasteiger partial charge in [-0.1, -0.05) is 34.8 Å². The molecule has 0 aliphatic rings. The lowest BCUT2D eigenvalue weighted by Crippen LogP contribution is -2.24. The van der Waals surface area contributed by atoms with Crippen LogP contribution in [-0.4, -0.2) is 13.1 Å². The molecule has 0 fully saturated rings. The molecule has 0 radical (unpaired) electrons. The molecular formula is C8H7Cl3N2O. The van der Waals surface area contributed by atoms with Gasteiger partial charge in [0.15, 0.2) is 0 Å². The molecule has 0 aliphatic heterocycles. The summed E-state index contributed by atoms with van der Waals surface area (Å²) in [5.74, 6) is 0. The van der Waals surface area contributed by atoms with E-state index < -0.39 is 6.03 Å². The third kappa shape index (κ3) is 2.67. The van der Waals surface area contributed by atoms with Crippen molar-refractivity contribution in [2.75, 3.05) is 12.4 Å². The smallest absolute Gasteiger partial charge is 0.319 e. The van der Waals surface area contributed by atoms with Crippen LogP contribution in [0.4, 0.5) is 10.5 Å². The molecule has 6 heteroatoms. The molecule has 1 rings (SSSR count). The Balaban J connectivity index is 3.02. The van der Waals surface area contributed by atoms with Gasteiger partial charge in [-0.3, -0.25) is 0 Å². The maximum atomic E-state index is 11.0. The van der Waals surface area contributed by atoms with Gasteiger partial charge in [0.25, 0.3) is 0 Å². The van der Waals surface area contributed by atoms with Crippen LogP contribution in [0, 0.1) is 0 Å². The van der Waals surface area contributed by atoms with Gasteiger partial charge in [0.2, 0.25) is 0 Å². The summed E-state index contributed by atoms with van der Waals surface area (Å²) in [5, 5.41) is 5.88. The number of carbonyl (C=O) groups excluding carboxylic acids is 1. The summed E-state index contributed by atoms with van der Waals surface area (Å²) < 4.78 is 0. The molecule has 0 bridgehead atoms. The number of anilines is 1. The zero-order valence-electron chi connectivity index (χ0n) is 7.20. The van der Waals surface area contributed by atoms with E-state index >= 15 is 0 Å². The molecule has 2 amide bonds. The van der Waals surface area contributed by atoms with Crippen LogP contribution in [0.25, 0.3) is 0 Å². The molecule has 0 atom stereocenters. The van der Waals surface area contributed by atoms with Crippen molar-refractivity contribution in [2.24, 2.45) is 0 Å². The summed E-state index contributed by atoms with van der Waals surface area (Å²) in [6, 6.07) is 2.61. The van der Waals surface area contributed by atoms with Crippen molar-refractivity contribution in [1.82, 2.24) is 5.32 Å². The quantitative estimate of drug-likeness (QED) is 0.791. The first kappa shape index (κ1) is 11.4. The number of amides is 2. The lowest BCUT2D eigenvalue weighted by atomic mass is 10.3. The number of rotatable bonds is 1. The molecular weight excluding hydrogens is 246 g/mol. The lowest BCUT2D eigenvalue weighted by Gasteiger charge is -2.08. The van der Waals surface area contributed by atoms with E-state index in [0.717, 1.165) is 0 Å². The fraction of sp³-hybridized carbons (Fsp3) is 0.125. The van der Waals surface area contributed by atoms with Gasteiger partial charge in [0, 0.05) is 12.1 Å². The minimum absolute atomic E-state index is 0.297. The van der Waals surface area contributed by atoms with E-state index in [0.29, 0.717) is 20.8 Å². The Morgan fingerprint density at radius 3 is 2.14 bits per heavy atom. The van der Waals surface area contributed by atoms with Crippen LogP contribution in [-0.2, 0) is 0 Å². The van der Waals surface area contributed by atoms with Gasteiger partial charge < -0.3 is 10.6 Å². The molecule has 1 aromatic carbocycles. The molecule has 0 saturated heterocycles. The van der Waals surface area contributed by atoms with E-state index in [9.17, 15) is 4.79 Å². The summed E-state index contributed by atoms with van der Waals surface area (Å²) in [5.41, 5.74) is 0.345. The largest absolute Gasteiger partial charge is 0.341 e. The van der Waals surface area contributed by atoms with Gasteiger partial charge in [0.05, 0.1) is 15.7 Å². The van der Waals surface area contributed by atoms with E-state index in [1.807, 2.05) is 0 Å². The highest BCUT2D eigenvalue weighted by atomic mass is 35.5. The van der Waals surface area contributed by atoms with Gasteiger partial charge in [-0.2, -0.15) is 0 Å². The number of halogens is 3. The standard InChI is InChI=1S/C8H7Cl3N2O/c1-12-8(14)13-7-5(10)2-4(9)3-6(7)11/h2-3H,1H3,(H2,12,13,14). The first-order valence-corrected chi connectivity index (χ1v) is 4.81. The maximum absolute atomic E-state index is 11.0. The Bertz CT molecular complexity index is 345. The van der Waals surface area contributed by atoms with Crippen molar-refractivity contribution >= 4 is 46.5 Å². The van der Waals surface area contributed by atoms with Crippen LogP contribution in [0.3, 0.4) is 0 Å². The molecule has 76 valence electrons. The average Bonchev–Trinajstić information content (AvgIpc) is 2.10. The third-order valence-corrected chi connectivity index (χ3v) is 2.29. The van der Waals surface area contributed by atoms with Crippen molar-refractivity contribution in [2.45, 2.75) is 0 Å². The van der Waals surface area contributed by atoms with E-state index in [1.54, 1.807) is 0 Å². The van der Waals surface area contributed by atoms with Crippen molar-refractivity contribution in [1.29, 1.82) is 0 Å². The SMILES string of the molecule is CNC(=O)Nc1c(Cl)cc(Cl)cc1Cl. The van der Waals surface area contributed by atoms with E-state index in [2.05, 4.69) is 10.6 Å². The molecule has 14 heavy (non-hydrogen) atoms. The molecule has 2 N–H and O–H groups in total. The Morgan fingerprint density at radius 2 is 1.71 bits per heavy atom. The summed E-state index contributed by atoms with van der Waals surface area (Å²) in [6.07, 6.45) is 0. The number of hydrogen-bond acceptors (Lipinski definition) is 1. The molecule has 0 saturated carbocycles. The van der Waals surface area contributed by atoms with Crippen LogP contribution in [0.15, 0.2) is 12.1 Å². The van der Waals surface area contributed by atoms with Gasteiger partial charge in [-0.15, -0.1) is 0 Å². The highest BCUT2D eigenvalue weighted by Gasteiger charge is 2.09. The van der Waals surface area contributed by atoms with Gasteiger partial charge in [-0.25, -0.2) is 4.79 Å². The Morgan fingerprint density at radius 1 is 1.21 bits per heavy atom. The first-order chi connectivity index (χ1) is 6.54. The second-order valence-electron chi connectivity index (χ2n) is 2.45. The Hall–Kier alpha value is -0.640. The van der Waals surface area contributed by atoms with Crippen LogP contribution >= 0.6 is 34.8 Å². The maximum Gasteiger partial charge on any atom is 0.319 e. The van der Waals surface area contributed by atoms with Crippen LogP contribution in [0.1, 0.15) is 0 Å². The predicted octanol–water partition coefficient (Wildman–Crippen LogP) is 3.40. The first-order valence-electron chi connectivity index (χ1n) is 3.68. The van der Waals surface area contributed by atoms with Crippen molar-refractivity contribution in [3.63, 3.8) is 0 Å². The van der Waals surface area contributed by atoms with Gasteiger partial charge in [-0.05, 0) is 12.1 Å². The molecule has 0 unspecified atom stereocenters. The minimum atomic E-state index is -0.392. The minimum Gasteiger partial charge on any atom is -0.341 e. The third-order valence-electron chi connectivity index (χ3n) is 1.47. The topological polar surface area (TPSA) is 41.1 Å². The number of nitrogens with one attached hydrogen (secondary N) is 2. The monoisotopic (exact) mass is 252 g/mol. The normalized spacial score (nSPS) is 9.71. The molecule has 0 aromatic heterocycles. The van der Waals surface area contributed by atoms with Crippen molar-refractivity contribution in [3.8, 4) is 0 Å². The second-order valence-corrected chi connectivity index (χ2v) is 3.70. The molecule has 0 heterocycles. The molecule has 1 aromatic rings. The summed E-state index contributed by atoms with van der Waals surface area (Å²) in [4.78, 5) is 11.0. The molecule has 0 spiro atoms. The van der Waals surface area contributed by atoms with Crippen molar-refractivity contribution in [3.05, 3.63) is 27.2 Å². The zero-order valence-corrected chi connectivity index (χ0v) is 9.46. The summed E-state index contributed by atoms with van der Waals surface area (Å²) in [7, 11) is 1.49. The van der Waals surface area contributed by atoms with Crippen molar-refractivity contribution < 1.29 is 4.79 Å².